The lowest BCUT2D eigenvalue weighted by atomic mass is 10.3. The molecule has 1 aromatic rings. The summed E-state index contributed by atoms with van der Waals surface area (Å²) >= 11 is 1.05. The smallest absolute Gasteiger partial charge is 0.298 e. The summed E-state index contributed by atoms with van der Waals surface area (Å²) in [6.07, 6.45) is 0. The maximum absolute atomic E-state index is 10.6. The summed E-state index contributed by atoms with van der Waals surface area (Å²) < 4.78 is 23.2. The number of oxime groups is 1. The molecule has 14 heavy (non-hydrogen) atoms. The van der Waals surface area contributed by atoms with Crippen LogP contribution in [0.3, 0.4) is 0 Å². The largest absolute Gasteiger partial charge is 0.411 e. The lowest BCUT2D eigenvalue weighted by Gasteiger charge is -1.96. The quantitative estimate of drug-likeness (QED) is 0.387. The highest BCUT2D eigenvalue weighted by Crippen LogP contribution is 2.16. The van der Waals surface area contributed by atoms with Crippen molar-refractivity contribution >= 4 is 32.4 Å². The lowest BCUT2D eigenvalue weighted by Crippen LogP contribution is -2.21. The fourth-order valence-electron chi connectivity index (χ4n) is 0.660. The molecule has 0 spiro atoms. The summed E-state index contributed by atoms with van der Waals surface area (Å²) in [4.78, 5) is 3.82. The highest BCUT2D eigenvalue weighted by atomic mass is 32.2. The van der Waals surface area contributed by atoms with Gasteiger partial charge in [-0.05, 0) is 6.92 Å². The molecule has 0 aliphatic carbocycles. The Morgan fingerprint density at radius 3 is 2.93 bits per heavy atom. The molecule has 1 heterocycles. The van der Waals surface area contributed by atoms with Crippen molar-refractivity contribution in [1.82, 2.24) is 4.98 Å². The molecule has 0 aliphatic heterocycles. The fourth-order valence-corrected chi connectivity index (χ4v) is 2.09. The van der Waals surface area contributed by atoms with Crippen molar-refractivity contribution in [1.29, 1.82) is 0 Å². The Morgan fingerprint density at radius 2 is 2.43 bits per heavy atom. The third kappa shape index (κ3) is 2.94. The first-order valence-electron chi connectivity index (χ1n) is 3.37. The van der Waals surface area contributed by atoms with Crippen LogP contribution in [-0.2, 0) is 10.2 Å². The van der Waals surface area contributed by atoms with Crippen LogP contribution in [0.1, 0.15) is 12.6 Å². The van der Waals surface area contributed by atoms with Crippen molar-refractivity contribution in [3.8, 4) is 0 Å². The third-order valence-electron chi connectivity index (χ3n) is 1.25. The molecule has 1 rings (SSSR count). The van der Waals surface area contributed by atoms with E-state index in [1.54, 1.807) is 5.38 Å². The maximum Gasteiger partial charge on any atom is 0.298 e. The zero-order valence-corrected chi connectivity index (χ0v) is 8.76. The Balaban J connectivity index is 2.90. The topological polar surface area (TPSA) is 118 Å². The Labute approximate surface area is 84.5 Å². The van der Waals surface area contributed by atoms with Gasteiger partial charge in [-0.1, -0.05) is 5.16 Å². The lowest BCUT2D eigenvalue weighted by molar-refractivity contribution is 0.319. The van der Waals surface area contributed by atoms with E-state index in [1.165, 1.54) is 6.92 Å². The summed E-state index contributed by atoms with van der Waals surface area (Å²) in [5.41, 5.74) is 0.687. The van der Waals surface area contributed by atoms with Gasteiger partial charge in [-0.15, -0.1) is 11.3 Å². The number of rotatable bonds is 3. The van der Waals surface area contributed by atoms with Crippen LogP contribution in [0.5, 0.6) is 0 Å². The number of thiazole rings is 1. The summed E-state index contributed by atoms with van der Waals surface area (Å²) in [6, 6.07) is 0. The van der Waals surface area contributed by atoms with E-state index in [-0.39, 0.29) is 5.13 Å². The minimum absolute atomic E-state index is 0.130. The maximum atomic E-state index is 10.6. The van der Waals surface area contributed by atoms with E-state index >= 15 is 0 Å². The van der Waals surface area contributed by atoms with Gasteiger partial charge in [0.15, 0.2) is 5.13 Å². The van der Waals surface area contributed by atoms with Crippen molar-refractivity contribution in [2.24, 2.45) is 10.3 Å². The number of aromatic nitrogens is 1. The van der Waals surface area contributed by atoms with Gasteiger partial charge < -0.3 is 5.21 Å². The normalized spacial score (nSPS) is 12.9. The molecule has 0 aliphatic rings. The van der Waals surface area contributed by atoms with Crippen molar-refractivity contribution in [2.75, 3.05) is 4.72 Å². The first-order chi connectivity index (χ1) is 6.42. The zero-order valence-electron chi connectivity index (χ0n) is 7.13. The summed E-state index contributed by atoms with van der Waals surface area (Å²) in [6.45, 7) is 1.54. The summed E-state index contributed by atoms with van der Waals surface area (Å²) in [7, 11) is -3.80. The molecule has 7 nitrogen and oxygen atoms in total. The zero-order chi connectivity index (χ0) is 10.8. The molecule has 0 saturated heterocycles. The molecule has 4 N–H and O–H groups in total. The highest BCUT2D eigenvalue weighted by molar-refractivity contribution is 7.90. The van der Waals surface area contributed by atoms with Crippen LogP contribution < -0.4 is 9.86 Å². The van der Waals surface area contributed by atoms with E-state index in [0.29, 0.717) is 11.4 Å². The molecule has 0 radical (unpaired) electrons. The number of hydrogen-bond acceptors (Lipinski definition) is 6. The third-order valence-corrected chi connectivity index (χ3v) is 2.62. The van der Waals surface area contributed by atoms with Crippen LogP contribution in [0.15, 0.2) is 10.5 Å². The molecule has 0 amide bonds. The molecule has 0 fully saturated rings. The van der Waals surface area contributed by atoms with Gasteiger partial charge >= 0.3 is 0 Å². The standard InChI is InChI=1S/C5H8N4O3S2/c1-3(8-10)4-2-13-5(7-4)9-14(6,11)12/h2,10H,1H3,(H,7,9)(H2,6,11,12). The Kier molecular flexibility index (Phi) is 3.03. The Bertz CT molecular complexity index is 449. The first-order valence-corrected chi connectivity index (χ1v) is 5.80. The van der Waals surface area contributed by atoms with Gasteiger partial charge in [0.25, 0.3) is 10.2 Å². The van der Waals surface area contributed by atoms with E-state index in [1.807, 2.05) is 4.72 Å². The van der Waals surface area contributed by atoms with Crippen molar-refractivity contribution < 1.29 is 13.6 Å². The van der Waals surface area contributed by atoms with E-state index in [4.69, 9.17) is 10.3 Å². The molecule has 9 heteroatoms. The Morgan fingerprint density at radius 1 is 1.79 bits per heavy atom. The second kappa shape index (κ2) is 3.90. The molecule has 78 valence electrons. The number of anilines is 1. The fraction of sp³-hybridized carbons (Fsp3) is 0.200. The number of nitrogens with one attached hydrogen (secondary N) is 1. The molecule has 0 aromatic carbocycles. The summed E-state index contributed by atoms with van der Waals surface area (Å²) in [5, 5.41) is 17.7. The predicted molar refractivity (Wildman–Crippen MR) is 52.8 cm³/mol. The van der Waals surface area contributed by atoms with E-state index in [0.717, 1.165) is 11.3 Å². The van der Waals surface area contributed by atoms with Gasteiger partial charge in [0.2, 0.25) is 0 Å². The highest BCUT2D eigenvalue weighted by Gasteiger charge is 2.08. The molecule has 0 atom stereocenters. The van der Waals surface area contributed by atoms with Crippen LogP contribution >= 0.6 is 11.3 Å². The van der Waals surface area contributed by atoms with Gasteiger partial charge in [0.05, 0.1) is 0 Å². The molecule has 0 unspecified atom stereocenters. The average molecular weight is 236 g/mol. The van der Waals surface area contributed by atoms with Gasteiger partial charge in [-0.3, -0.25) is 0 Å². The van der Waals surface area contributed by atoms with Gasteiger partial charge in [-0.2, -0.15) is 8.42 Å². The van der Waals surface area contributed by atoms with Gasteiger partial charge in [-0.25, -0.2) is 14.8 Å². The SMILES string of the molecule is CC(=NO)c1csc(NS(N)(=O)=O)n1. The average Bonchev–Trinajstić information content (AvgIpc) is 2.48. The number of nitrogens with two attached hydrogens (primary N) is 1. The van der Waals surface area contributed by atoms with E-state index < -0.39 is 10.2 Å². The van der Waals surface area contributed by atoms with E-state index in [9.17, 15) is 8.42 Å². The molecule has 0 bridgehead atoms. The molecular formula is C5H8N4O3S2. The summed E-state index contributed by atoms with van der Waals surface area (Å²) in [5.74, 6) is 0. The number of nitrogens with zero attached hydrogens (tertiary/aromatic N) is 2. The minimum Gasteiger partial charge on any atom is -0.411 e. The van der Waals surface area contributed by atoms with Crippen molar-refractivity contribution in [3.05, 3.63) is 11.1 Å². The second-order valence-electron chi connectivity index (χ2n) is 2.37. The van der Waals surface area contributed by atoms with Crippen LogP contribution in [0.25, 0.3) is 0 Å². The predicted octanol–water partition coefficient (Wildman–Crippen LogP) is -0.0433. The van der Waals surface area contributed by atoms with Crippen LogP contribution in [0.2, 0.25) is 0 Å². The van der Waals surface area contributed by atoms with Gasteiger partial charge in [0.1, 0.15) is 11.4 Å². The molecule has 1 aromatic heterocycles. The minimum atomic E-state index is -3.80. The van der Waals surface area contributed by atoms with Gasteiger partial charge in [0, 0.05) is 5.38 Å². The van der Waals surface area contributed by atoms with Crippen molar-refractivity contribution in [3.63, 3.8) is 0 Å². The second-order valence-corrected chi connectivity index (χ2v) is 4.52. The van der Waals surface area contributed by atoms with Crippen LogP contribution in [0, 0.1) is 0 Å². The van der Waals surface area contributed by atoms with E-state index in [2.05, 4.69) is 10.1 Å². The van der Waals surface area contributed by atoms with Crippen LogP contribution in [-0.4, -0.2) is 24.3 Å². The van der Waals surface area contributed by atoms with Crippen LogP contribution in [0.4, 0.5) is 5.13 Å². The number of hydrogen-bond donors (Lipinski definition) is 3. The monoisotopic (exact) mass is 236 g/mol. The van der Waals surface area contributed by atoms with Crippen molar-refractivity contribution in [2.45, 2.75) is 6.92 Å². The Hall–Kier alpha value is -1.19. The molecule has 0 saturated carbocycles. The molecular weight excluding hydrogens is 228 g/mol. The first kappa shape index (κ1) is 10.9.